The second-order valence-electron chi connectivity index (χ2n) is 5.65. The molecule has 0 bridgehead atoms. The van der Waals surface area contributed by atoms with Crippen LogP contribution in [0.3, 0.4) is 0 Å². The molecular formula is C20H15N3O2. The monoisotopic (exact) mass is 329 g/mol. The Labute approximate surface area is 144 Å². The Morgan fingerprint density at radius 2 is 1.84 bits per heavy atom. The normalized spacial score (nSPS) is 10.7. The molecule has 5 heteroatoms. The van der Waals surface area contributed by atoms with E-state index in [0.717, 1.165) is 16.5 Å². The Balaban J connectivity index is 1.46. The number of oxazole rings is 1. The minimum Gasteiger partial charge on any atom is -0.444 e. The summed E-state index contributed by atoms with van der Waals surface area (Å²) in [5.41, 5.74) is 3.03. The van der Waals surface area contributed by atoms with Gasteiger partial charge in [-0.05, 0) is 24.3 Å². The zero-order chi connectivity index (χ0) is 17.1. The molecule has 5 nitrogen and oxygen atoms in total. The highest BCUT2D eigenvalue weighted by Gasteiger charge is 2.11. The Hall–Kier alpha value is -3.47. The van der Waals surface area contributed by atoms with Gasteiger partial charge in [-0.1, -0.05) is 36.4 Å². The zero-order valence-corrected chi connectivity index (χ0v) is 13.3. The average Bonchev–Trinajstić information content (AvgIpc) is 3.10. The average molecular weight is 329 g/mol. The predicted octanol–water partition coefficient (Wildman–Crippen LogP) is 4.07. The minimum absolute atomic E-state index is 0.142. The van der Waals surface area contributed by atoms with E-state index in [1.165, 1.54) is 6.26 Å². The number of hydrogen-bond donors (Lipinski definition) is 1. The quantitative estimate of drug-likeness (QED) is 0.613. The van der Waals surface area contributed by atoms with E-state index in [2.05, 4.69) is 15.3 Å². The molecule has 0 atom stereocenters. The molecule has 0 fully saturated rings. The van der Waals surface area contributed by atoms with E-state index in [9.17, 15) is 4.79 Å². The van der Waals surface area contributed by atoms with Crippen molar-refractivity contribution in [2.45, 2.75) is 6.42 Å². The molecule has 2 aromatic heterocycles. The van der Waals surface area contributed by atoms with Gasteiger partial charge in [0.2, 0.25) is 11.8 Å². The molecule has 0 spiro atoms. The number of anilines is 1. The summed E-state index contributed by atoms with van der Waals surface area (Å²) in [6, 6.07) is 19.3. The molecule has 4 rings (SSSR count). The molecule has 25 heavy (non-hydrogen) atoms. The number of amides is 1. The lowest BCUT2D eigenvalue weighted by atomic mass is 10.2. The second-order valence-corrected chi connectivity index (χ2v) is 5.65. The smallest absolute Gasteiger partial charge is 0.230 e. The third kappa shape index (κ3) is 3.40. The van der Waals surface area contributed by atoms with Crippen LogP contribution in [0.5, 0.6) is 0 Å². The van der Waals surface area contributed by atoms with Crippen molar-refractivity contribution in [2.75, 3.05) is 5.32 Å². The van der Waals surface area contributed by atoms with Gasteiger partial charge in [-0.2, -0.15) is 0 Å². The summed E-state index contributed by atoms with van der Waals surface area (Å²) >= 11 is 0. The van der Waals surface area contributed by atoms with Gasteiger partial charge in [-0.3, -0.25) is 9.78 Å². The van der Waals surface area contributed by atoms with Crippen molar-refractivity contribution in [1.82, 2.24) is 9.97 Å². The van der Waals surface area contributed by atoms with Crippen molar-refractivity contribution in [3.63, 3.8) is 0 Å². The molecule has 0 radical (unpaired) electrons. The Morgan fingerprint density at radius 3 is 2.72 bits per heavy atom. The fraction of sp³-hybridized carbons (Fsp3) is 0.0500. The van der Waals surface area contributed by atoms with E-state index < -0.39 is 0 Å². The summed E-state index contributed by atoms with van der Waals surface area (Å²) in [7, 11) is 0. The standard InChI is InChI=1S/C20H15N3O2/c24-19(22-16-10-15-8-4-5-9-18(15)21-12-16)11-17-13-25-20(23-17)14-6-2-1-3-7-14/h1-10,12-13H,11H2,(H,22,24). The number of carbonyl (C=O) groups is 1. The van der Waals surface area contributed by atoms with E-state index in [1.807, 2.05) is 60.7 Å². The molecule has 2 heterocycles. The summed E-state index contributed by atoms with van der Waals surface area (Å²) in [6.45, 7) is 0. The lowest BCUT2D eigenvalue weighted by molar-refractivity contribution is -0.115. The molecule has 0 aliphatic rings. The highest BCUT2D eigenvalue weighted by Crippen LogP contribution is 2.19. The molecule has 2 aromatic carbocycles. The molecule has 0 saturated carbocycles. The van der Waals surface area contributed by atoms with Gasteiger partial charge < -0.3 is 9.73 Å². The lowest BCUT2D eigenvalue weighted by Gasteiger charge is -2.05. The Morgan fingerprint density at radius 1 is 1.04 bits per heavy atom. The first-order valence-electron chi connectivity index (χ1n) is 7.92. The Kier molecular flexibility index (Phi) is 3.96. The van der Waals surface area contributed by atoms with Gasteiger partial charge in [0, 0.05) is 10.9 Å². The van der Waals surface area contributed by atoms with Crippen molar-refractivity contribution in [1.29, 1.82) is 0 Å². The third-order valence-corrected chi connectivity index (χ3v) is 3.79. The van der Waals surface area contributed by atoms with Crippen LogP contribution < -0.4 is 5.32 Å². The largest absolute Gasteiger partial charge is 0.444 e. The van der Waals surface area contributed by atoms with Crippen molar-refractivity contribution >= 4 is 22.5 Å². The predicted molar refractivity (Wildman–Crippen MR) is 96.0 cm³/mol. The van der Waals surface area contributed by atoms with E-state index in [1.54, 1.807) is 6.20 Å². The number of nitrogens with one attached hydrogen (secondary N) is 1. The third-order valence-electron chi connectivity index (χ3n) is 3.79. The van der Waals surface area contributed by atoms with Crippen LogP contribution in [0.1, 0.15) is 5.69 Å². The molecule has 0 unspecified atom stereocenters. The maximum atomic E-state index is 12.2. The number of rotatable bonds is 4. The first kappa shape index (κ1) is 15.1. The van der Waals surface area contributed by atoms with Crippen molar-refractivity contribution < 1.29 is 9.21 Å². The van der Waals surface area contributed by atoms with Crippen LogP contribution in [0.2, 0.25) is 0 Å². The highest BCUT2D eigenvalue weighted by atomic mass is 16.3. The highest BCUT2D eigenvalue weighted by molar-refractivity contribution is 5.94. The number of aromatic nitrogens is 2. The zero-order valence-electron chi connectivity index (χ0n) is 13.3. The first-order valence-corrected chi connectivity index (χ1v) is 7.92. The van der Waals surface area contributed by atoms with Gasteiger partial charge >= 0.3 is 0 Å². The first-order chi connectivity index (χ1) is 12.3. The van der Waals surface area contributed by atoms with E-state index in [-0.39, 0.29) is 12.3 Å². The van der Waals surface area contributed by atoms with Crippen LogP contribution in [-0.4, -0.2) is 15.9 Å². The second kappa shape index (κ2) is 6.57. The van der Waals surface area contributed by atoms with Gasteiger partial charge in [0.1, 0.15) is 6.26 Å². The van der Waals surface area contributed by atoms with Gasteiger partial charge in [0.05, 0.1) is 29.5 Å². The van der Waals surface area contributed by atoms with Crippen LogP contribution in [0.4, 0.5) is 5.69 Å². The van der Waals surface area contributed by atoms with E-state index in [4.69, 9.17) is 4.42 Å². The Bertz CT molecular complexity index is 1030. The van der Waals surface area contributed by atoms with Crippen LogP contribution >= 0.6 is 0 Å². The molecule has 0 aliphatic carbocycles. The molecule has 4 aromatic rings. The molecule has 122 valence electrons. The summed E-state index contributed by atoms with van der Waals surface area (Å²) in [5, 5.41) is 3.83. The summed E-state index contributed by atoms with van der Waals surface area (Å²) in [4.78, 5) is 20.9. The van der Waals surface area contributed by atoms with Gasteiger partial charge in [-0.25, -0.2) is 4.98 Å². The van der Waals surface area contributed by atoms with Gasteiger partial charge in [0.25, 0.3) is 0 Å². The van der Waals surface area contributed by atoms with Crippen LogP contribution in [0.15, 0.2) is 77.5 Å². The topological polar surface area (TPSA) is 68.0 Å². The number of para-hydroxylation sites is 1. The number of nitrogens with zero attached hydrogens (tertiary/aromatic N) is 2. The van der Waals surface area contributed by atoms with Crippen molar-refractivity contribution in [3.8, 4) is 11.5 Å². The fourth-order valence-electron chi connectivity index (χ4n) is 2.61. The lowest BCUT2D eigenvalue weighted by Crippen LogP contribution is -2.14. The van der Waals surface area contributed by atoms with E-state index >= 15 is 0 Å². The molecule has 1 N–H and O–H groups in total. The number of benzene rings is 2. The minimum atomic E-state index is -0.162. The van der Waals surface area contributed by atoms with Crippen LogP contribution in [0.25, 0.3) is 22.4 Å². The molecule has 0 aliphatic heterocycles. The molecule has 1 amide bonds. The summed E-state index contributed by atoms with van der Waals surface area (Å²) in [5.74, 6) is 0.348. The molecular weight excluding hydrogens is 314 g/mol. The summed E-state index contributed by atoms with van der Waals surface area (Å²) in [6.07, 6.45) is 3.31. The van der Waals surface area contributed by atoms with Gasteiger partial charge in [-0.15, -0.1) is 0 Å². The molecule has 0 saturated heterocycles. The van der Waals surface area contributed by atoms with Crippen molar-refractivity contribution in [3.05, 3.63) is 78.8 Å². The van der Waals surface area contributed by atoms with Gasteiger partial charge in [0.15, 0.2) is 0 Å². The van der Waals surface area contributed by atoms with Crippen LogP contribution in [-0.2, 0) is 11.2 Å². The number of hydrogen-bond acceptors (Lipinski definition) is 4. The number of pyridine rings is 1. The maximum absolute atomic E-state index is 12.2. The van der Waals surface area contributed by atoms with Crippen molar-refractivity contribution in [2.24, 2.45) is 0 Å². The van der Waals surface area contributed by atoms with E-state index in [0.29, 0.717) is 17.3 Å². The maximum Gasteiger partial charge on any atom is 0.230 e. The fourth-order valence-corrected chi connectivity index (χ4v) is 2.61. The van der Waals surface area contributed by atoms with Crippen LogP contribution in [0, 0.1) is 0 Å². The summed E-state index contributed by atoms with van der Waals surface area (Å²) < 4.78 is 5.46. The number of carbonyl (C=O) groups excluding carboxylic acids is 1. The number of fused-ring (bicyclic) bond motifs is 1. The SMILES string of the molecule is O=C(Cc1coc(-c2ccccc2)n1)Nc1cnc2ccccc2c1.